The summed E-state index contributed by atoms with van der Waals surface area (Å²) in [5, 5.41) is 0.321. The zero-order valence-corrected chi connectivity index (χ0v) is 9.39. The van der Waals surface area contributed by atoms with Crippen molar-refractivity contribution in [2.24, 2.45) is 11.7 Å². The van der Waals surface area contributed by atoms with Crippen molar-refractivity contribution in [3.05, 3.63) is 0 Å². The van der Waals surface area contributed by atoms with Crippen LogP contribution in [0.5, 0.6) is 0 Å². The lowest BCUT2D eigenvalue weighted by molar-refractivity contribution is -0.140. The van der Waals surface area contributed by atoms with Gasteiger partial charge in [-0.15, -0.1) is 0 Å². The maximum atomic E-state index is 10.9. The summed E-state index contributed by atoms with van der Waals surface area (Å²) in [6.45, 7) is 4.85. The van der Waals surface area contributed by atoms with Crippen molar-refractivity contribution in [3.63, 3.8) is 0 Å². The summed E-state index contributed by atoms with van der Waals surface area (Å²) in [7, 11) is 1.42. The maximum absolute atomic E-state index is 10.9. The first-order valence-corrected chi connectivity index (χ1v) is 5.53. The molecule has 4 heteroatoms. The van der Waals surface area contributed by atoms with Crippen LogP contribution in [-0.2, 0) is 9.53 Å². The number of carbonyl (C=O) groups is 1. The predicted octanol–water partition coefficient (Wildman–Crippen LogP) is 1.27. The molecule has 0 aromatic heterocycles. The second kappa shape index (κ2) is 7.21. The Hall–Kier alpha value is -0.220. The molecule has 0 aliphatic heterocycles. The number of esters is 1. The normalized spacial score (nSPS) is 15.1. The Bertz CT molecular complexity index is 153. The predicted molar refractivity (Wildman–Crippen MR) is 56.8 cm³/mol. The standard InChI is InChI=1S/C9H19NO2S/c1-7(5-10)6-13-8(2)4-9(11)12-3/h7-8H,4-6,10H2,1-3H3. The molecular weight excluding hydrogens is 186 g/mol. The zero-order chi connectivity index (χ0) is 10.3. The van der Waals surface area contributed by atoms with Crippen LogP contribution >= 0.6 is 11.8 Å². The summed E-state index contributed by atoms with van der Waals surface area (Å²) in [5.74, 6) is 1.39. The molecule has 0 fully saturated rings. The van der Waals surface area contributed by atoms with Gasteiger partial charge in [-0.3, -0.25) is 4.79 Å². The number of methoxy groups -OCH3 is 1. The molecule has 2 atom stereocenters. The van der Waals surface area contributed by atoms with E-state index in [0.29, 0.717) is 24.1 Å². The maximum Gasteiger partial charge on any atom is 0.306 e. The van der Waals surface area contributed by atoms with E-state index < -0.39 is 0 Å². The lowest BCUT2D eigenvalue weighted by Gasteiger charge is -2.12. The van der Waals surface area contributed by atoms with E-state index in [0.717, 1.165) is 5.75 Å². The largest absolute Gasteiger partial charge is 0.469 e. The molecule has 0 aliphatic carbocycles. The van der Waals surface area contributed by atoms with Gasteiger partial charge in [0.05, 0.1) is 13.5 Å². The van der Waals surface area contributed by atoms with Crippen molar-refractivity contribution in [2.45, 2.75) is 25.5 Å². The molecule has 0 saturated heterocycles. The van der Waals surface area contributed by atoms with Crippen LogP contribution in [0.15, 0.2) is 0 Å². The van der Waals surface area contributed by atoms with Crippen LogP contribution in [0, 0.1) is 5.92 Å². The Balaban J connectivity index is 3.50. The number of nitrogens with two attached hydrogens (primary N) is 1. The molecular formula is C9H19NO2S. The summed E-state index contributed by atoms with van der Waals surface area (Å²) >= 11 is 1.77. The summed E-state index contributed by atoms with van der Waals surface area (Å²) < 4.78 is 4.58. The van der Waals surface area contributed by atoms with Crippen LogP contribution < -0.4 is 5.73 Å². The Kier molecular flexibility index (Phi) is 7.09. The molecule has 2 unspecified atom stereocenters. The lowest BCUT2D eigenvalue weighted by Crippen LogP contribution is -2.16. The monoisotopic (exact) mass is 205 g/mol. The first-order chi connectivity index (χ1) is 6.10. The van der Waals surface area contributed by atoms with Gasteiger partial charge in [0.2, 0.25) is 0 Å². The highest BCUT2D eigenvalue weighted by Gasteiger charge is 2.10. The average Bonchev–Trinajstić information content (AvgIpc) is 2.13. The van der Waals surface area contributed by atoms with Gasteiger partial charge >= 0.3 is 5.97 Å². The minimum Gasteiger partial charge on any atom is -0.469 e. The van der Waals surface area contributed by atoms with Crippen LogP contribution in [0.1, 0.15) is 20.3 Å². The Morgan fingerprint density at radius 1 is 1.54 bits per heavy atom. The van der Waals surface area contributed by atoms with Gasteiger partial charge in [0.25, 0.3) is 0 Å². The van der Waals surface area contributed by atoms with Crippen molar-refractivity contribution in [3.8, 4) is 0 Å². The summed E-state index contributed by atoms with van der Waals surface area (Å²) in [6, 6.07) is 0. The third-order valence-corrected chi connectivity index (χ3v) is 3.25. The third-order valence-electron chi connectivity index (χ3n) is 1.75. The SMILES string of the molecule is COC(=O)CC(C)SCC(C)CN. The number of hydrogen-bond donors (Lipinski definition) is 1. The molecule has 0 saturated carbocycles. The van der Waals surface area contributed by atoms with Crippen molar-refractivity contribution in [2.75, 3.05) is 19.4 Å². The van der Waals surface area contributed by atoms with Gasteiger partial charge in [0, 0.05) is 5.25 Å². The molecule has 0 amide bonds. The van der Waals surface area contributed by atoms with Gasteiger partial charge in [0.1, 0.15) is 0 Å². The van der Waals surface area contributed by atoms with Gasteiger partial charge in [-0.1, -0.05) is 13.8 Å². The van der Waals surface area contributed by atoms with Gasteiger partial charge in [-0.2, -0.15) is 11.8 Å². The van der Waals surface area contributed by atoms with E-state index in [1.807, 2.05) is 6.92 Å². The molecule has 0 rings (SSSR count). The van der Waals surface area contributed by atoms with Crippen molar-refractivity contribution in [1.29, 1.82) is 0 Å². The molecule has 13 heavy (non-hydrogen) atoms. The summed E-state index contributed by atoms with van der Waals surface area (Å²) in [5.41, 5.74) is 5.48. The molecule has 0 spiro atoms. The second-order valence-corrected chi connectivity index (χ2v) is 4.74. The fourth-order valence-corrected chi connectivity index (χ4v) is 1.82. The van der Waals surface area contributed by atoms with Gasteiger partial charge < -0.3 is 10.5 Å². The van der Waals surface area contributed by atoms with Crippen LogP contribution in [-0.4, -0.2) is 30.6 Å². The molecule has 78 valence electrons. The fraction of sp³-hybridized carbons (Fsp3) is 0.889. The highest BCUT2D eigenvalue weighted by atomic mass is 32.2. The van der Waals surface area contributed by atoms with E-state index >= 15 is 0 Å². The van der Waals surface area contributed by atoms with E-state index in [-0.39, 0.29) is 5.97 Å². The molecule has 2 N–H and O–H groups in total. The smallest absolute Gasteiger partial charge is 0.306 e. The summed E-state index contributed by atoms with van der Waals surface area (Å²) in [6.07, 6.45) is 0.485. The Labute approximate surface area is 84.4 Å². The number of thioether (sulfide) groups is 1. The quantitative estimate of drug-likeness (QED) is 0.663. The molecule has 0 bridgehead atoms. The average molecular weight is 205 g/mol. The number of ether oxygens (including phenoxy) is 1. The van der Waals surface area contributed by atoms with Crippen LogP contribution in [0.3, 0.4) is 0 Å². The fourth-order valence-electron chi connectivity index (χ4n) is 0.774. The number of rotatable bonds is 6. The topological polar surface area (TPSA) is 52.3 Å². The van der Waals surface area contributed by atoms with E-state index in [9.17, 15) is 4.79 Å². The van der Waals surface area contributed by atoms with Crippen molar-refractivity contribution < 1.29 is 9.53 Å². The van der Waals surface area contributed by atoms with Gasteiger partial charge in [-0.25, -0.2) is 0 Å². The minimum atomic E-state index is -0.139. The molecule has 0 aromatic carbocycles. The highest BCUT2D eigenvalue weighted by Crippen LogP contribution is 2.17. The van der Waals surface area contributed by atoms with E-state index in [1.165, 1.54) is 7.11 Å². The lowest BCUT2D eigenvalue weighted by atomic mass is 10.2. The molecule has 3 nitrogen and oxygen atoms in total. The van der Waals surface area contributed by atoms with E-state index in [4.69, 9.17) is 5.73 Å². The van der Waals surface area contributed by atoms with Crippen LogP contribution in [0.4, 0.5) is 0 Å². The first-order valence-electron chi connectivity index (χ1n) is 4.48. The molecule has 0 heterocycles. The Morgan fingerprint density at radius 2 is 2.15 bits per heavy atom. The zero-order valence-electron chi connectivity index (χ0n) is 8.58. The second-order valence-electron chi connectivity index (χ2n) is 3.27. The summed E-state index contributed by atoms with van der Waals surface area (Å²) in [4.78, 5) is 10.9. The Morgan fingerprint density at radius 3 is 2.62 bits per heavy atom. The van der Waals surface area contributed by atoms with Crippen LogP contribution in [0.25, 0.3) is 0 Å². The van der Waals surface area contributed by atoms with Crippen molar-refractivity contribution >= 4 is 17.7 Å². The number of carbonyl (C=O) groups excluding carboxylic acids is 1. The number of hydrogen-bond acceptors (Lipinski definition) is 4. The first kappa shape index (κ1) is 12.8. The molecule has 0 radical (unpaired) electrons. The molecule has 0 aromatic rings. The van der Waals surface area contributed by atoms with Crippen molar-refractivity contribution in [1.82, 2.24) is 0 Å². The minimum absolute atomic E-state index is 0.139. The van der Waals surface area contributed by atoms with E-state index in [1.54, 1.807) is 11.8 Å². The van der Waals surface area contributed by atoms with Gasteiger partial charge in [0.15, 0.2) is 0 Å². The molecule has 0 aliphatic rings. The van der Waals surface area contributed by atoms with Gasteiger partial charge in [-0.05, 0) is 18.2 Å². The van der Waals surface area contributed by atoms with E-state index in [2.05, 4.69) is 11.7 Å². The highest BCUT2D eigenvalue weighted by molar-refractivity contribution is 7.99. The third kappa shape index (κ3) is 6.90. The van der Waals surface area contributed by atoms with Crippen LogP contribution in [0.2, 0.25) is 0 Å².